The molecule has 1 saturated heterocycles. The van der Waals surface area contributed by atoms with Crippen molar-refractivity contribution in [2.75, 3.05) is 13.2 Å². The van der Waals surface area contributed by atoms with Crippen molar-refractivity contribution in [3.63, 3.8) is 0 Å². The summed E-state index contributed by atoms with van der Waals surface area (Å²) in [5.74, 6) is -0.247. The number of halogens is 2. The topological polar surface area (TPSA) is 71.3 Å². The van der Waals surface area contributed by atoms with Crippen molar-refractivity contribution in [3.8, 4) is 0 Å². The quantitative estimate of drug-likeness (QED) is 0.394. The number of aromatic nitrogens is 4. The predicted molar refractivity (Wildman–Crippen MR) is 104 cm³/mol. The van der Waals surface area contributed by atoms with Crippen LogP contribution >= 0.6 is 23.2 Å². The Labute approximate surface area is 173 Å². The van der Waals surface area contributed by atoms with Gasteiger partial charge in [0, 0.05) is 12.0 Å². The number of hydrogen-bond donors (Lipinski definition) is 0. The highest BCUT2D eigenvalue weighted by molar-refractivity contribution is 6.35. The molecule has 0 N–H and O–H groups in total. The average molecular weight is 427 g/mol. The molecule has 2 saturated carbocycles. The normalized spacial score (nSPS) is 35.3. The van der Waals surface area contributed by atoms with E-state index in [0.717, 1.165) is 25.9 Å². The van der Waals surface area contributed by atoms with E-state index in [1.165, 1.54) is 0 Å². The van der Waals surface area contributed by atoms with Crippen LogP contribution in [0.3, 0.4) is 0 Å². The third-order valence-corrected chi connectivity index (χ3v) is 6.74. The maximum Gasteiger partial charge on any atom is 0.225 e. The zero-order valence-corrected chi connectivity index (χ0v) is 17.7. The Kier molecular flexibility index (Phi) is 4.41. The van der Waals surface area contributed by atoms with Crippen molar-refractivity contribution >= 4 is 34.4 Å². The van der Waals surface area contributed by atoms with Crippen molar-refractivity contribution < 1.29 is 14.2 Å². The van der Waals surface area contributed by atoms with Gasteiger partial charge in [0.1, 0.15) is 11.6 Å². The summed E-state index contributed by atoms with van der Waals surface area (Å²) in [7, 11) is 0. The standard InChI is InChI=1S/C19H24Cl2N4O3/c1-4-5-6-26-8-19-7-10(19)12(13-14(19)28-18(2,3)27-13)25-9-22-11-15(20)23-17(21)24-16(11)25/h9-10,12-14H,4-8H2,1-3H3/t10-,12-,13+,14+,19+/m1/s1. The molecule has 9 heteroatoms. The van der Waals surface area contributed by atoms with Crippen molar-refractivity contribution in [1.29, 1.82) is 0 Å². The second-order valence-corrected chi connectivity index (χ2v) is 9.26. The van der Waals surface area contributed by atoms with Gasteiger partial charge in [-0.05, 0) is 44.2 Å². The molecule has 7 nitrogen and oxygen atoms in total. The van der Waals surface area contributed by atoms with Gasteiger partial charge in [-0.1, -0.05) is 24.9 Å². The van der Waals surface area contributed by atoms with E-state index in [9.17, 15) is 0 Å². The maximum atomic E-state index is 6.35. The van der Waals surface area contributed by atoms with E-state index >= 15 is 0 Å². The van der Waals surface area contributed by atoms with E-state index in [2.05, 4.69) is 21.9 Å². The number of ether oxygens (including phenoxy) is 3. The Balaban J connectivity index is 1.51. The van der Waals surface area contributed by atoms with Crippen LogP contribution in [-0.2, 0) is 14.2 Å². The van der Waals surface area contributed by atoms with Gasteiger partial charge in [0.15, 0.2) is 16.6 Å². The zero-order valence-electron chi connectivity index (χ0n) is 16.2. The zero-order chi connectivity index (χ0) is 19.7. The van der Waals surface area contributed by atoms with Crippen LogP contribution in [0.4, 0.5) is 0 Å². The van der Waals surface area contributed by atoms with Crippen LogP contribution in [0.15, 0.2) is 6.33 Å². The number of nitrogens with zero attached hydrogens (tertiary/aromatic N) is 4. The third-order valence-electron chi connectivity index (χ3n) is 6.31. The van der Waals surface area contributed by atoms with Crippen LogP contribution in [0, 0.1) is 11.3 Å². The molecule has 0 amide bonds. The summed E-state index contributed by atoms with van der Waals surface area (Å²) in [5.41, 5.74) is 1.17. The monoisotopic (exact) mass is 426 g/mol. The fourth-order valence-corrected chi connectivity index (χ4v) is 5.46. The number of imidazole rings is 1. The molecule has 2 aromatic rings. The fourth-order valence-electron chi connectivity index (χ4n) is 5.04. The molecule has 5 atom stereocenters. The van der Waals surface area contributed by atoms with Gasteiger partial charge in [0.05, 0.1) is 25.1 Å². The molecule has 28 heavy (non-hydrogen) atoms. The van der Waals surface area contributed by atoms with E-state index in [1.54, 1.807) is 6.33 Å². The number of fused-ring (bicyclic) bond motifs is 4. The summed E-state index contributed by atoms with van der Waals surface area (Å²) in [6.45, 7) is 7.57. The molecule has 3 fully saturated rings. The molecule has 3 heterocycles. The summed E-state index contributed by atoms with van der Waals surface area (Å²) < 4.78 is 20.8. The average Bonchev–Trinajstić information content (AvgIpc) is 2.89. The van der Waals surface area contributed by atoms with Crippen LogP contribution in [-0.4, -0.2) is 50.7 Å². The molecule has 0 radical (unpaired) electrons. The lowest BCUT2D eigenvalue weighted by Gasteiger charge is -2.24. The van der Waals surface area contributed by atoms with Gasteiger partial charge in [0.2, 0.25) is 5.28 Å². The summed E-state index contributed by atoms with van der Waals surface area (Å²) in [5, 5.41) is 0.375. The lowest BCUT2D eigenvalue weighted by molar-refractivity contribution is -0.164. The summed E-state index contributed by atoms with van der Waals surface area (Å²) >= 11 is 12.3. The number of unbranched alkanes of at least 4 members (excludes halogenated alkanes) is 1. The highest BCUT2D eigenvalue weighted by Gasteiger charge is 2.76. The van der Waals surface area contributed by atoms with Crippen LogP contribution in [0.1, 0.15) is 46.1 Å². The molecule has 2 aliphatic carbocycles. The highest BCUT2D eigenvalue weighted by atomic mass is 35.5. The minimum Gasteiger partial charge on any atom is -0.381 e. The summed E-state index contributed by atoms with van der Waals surface area (Å²) in [6, 6.07) is 0.0496. The lowest BCUT2D eigenvalue weighted by atomic mass is 10.0. The lowest BCUT2D eigenvalue weighted by Crippen LogP contribution is -2.33. The maximum absolute atomic E-state index is 6.35. The van der Waals surface area contributed by atoms with Crippen LogP contribution in [0.25, 0.3) is 11.2 Å². The van der Waals surface area contributed by atoms with Crippen molar-refractivity contribution in [3.05, 3.63) is 16.8 Å². The van der Waals surface area contributed by atoms with Gasteiger partial charge >= 0.3 is 0 Å². The van der Waals surface area contributed by atoms with E-state index in [4.69, 9.17) is 37.4 Å². The first-order valence-corrected chi connectivity index (χ1v) is 10.6. The molecule has 2 aromatic heterocycles. The van der Waals surface area contributed by atoms with Gasteiger partial charge in [0.25, 0.3) is 0 Å². The van der Waals surface area contributed by atoms with Crippen molar-refractivity contribution in [1.82, 2.24) is 19.5 Å². The Hall–Kier alpha value is -0.990. The van der Waals surface area contributed by atoms with Crippen molar-refractivity contribution in [2.24, 2.45) is 11.3 Å². The van der Waals surface area contributed by atoms with Crippen LogP contribution in [0.5, 0.6) is 0 Å². The van der Waals surface area contributed by atoms with Gasteiger partial charge in [-0.3, -0.25) is 0 Å². The Bertz CT molecular complexity index is 920. The summed E-state index contributed by atoms with van der Waals surface area (Å²) in [6.07, 6.45) is 4.90. The SMILES string of the molecule is CCCCOC[C@@]12C[C@@H]1[C@@H](n1cnc3c(Cl)nc(Cl)nc31)[C@@H]1OC(C)(C)O[C@@H]12. The van der Waals surface area contributed by atoms with Crippen LogP contribution in [0.2, 0.25) is 10.4 Å². The van der Waals surface area contributed by atoms with Crippen LogP contribution < -0.4 is 0 Å². The molecule has 152 valence electrons. The molecule has 5 rings (SSSR count). The smallest absolute Gasteiger partial charge is 0.225 e. The Morgan fingerprint density at radius 2 is 2.11 bits per heavy atom. The molecular weight excluding hydrogens is 403 g/mol. The molecule has 0 spiro atoms. The third kappa shape index (κ3) is 2.78. The van der Waals surface area contributed by atoms with E-state index in [1.807, 2.05) is 18.4 Å². The molecular formula is C19H24Cl2N4O3. The number of rotatable bonds is 6. The first-order valence-electron chi connectivity index (χ1n) is 9.85. The predicted octanol–water partition coefficient (Wildman–Crippen LogP) is 4.03. The van der Waals surface area contributed by atoms with Gasteiger partial charge < -0.3 is 18.8 Å². The second-order valence-electron chi connectivity index (χ2n) is 8.57. The number of hydrogen-bond acceptors (Lipinski definition) is 6. The first-order chi connectivity index (χ1) is 13.4. The molecule has 0 bridgehead atoms. The summed E-state index contributed by atoms with van der Waals surface area (Å²) in [4.78, 5) is 12.8. The minimum absolute atomic E-state index is 0.00985. The fraction of sp³-hybridized carbons (Fsp3) is 0.737. The van der Waals surface area contributed by atoms with Crippen molar-refractivity contribution in [2.45, 2.75) is 64.1 Å². The van der Waals surface area contributed by atoms with E-state index < -0.39 is 5.79 Å². The van der Waals surface area contributed by atoms with E-state index in [0.29, 0.717) is 23.7 Å². The molecule has 3 aliphatic rings. The first kappa shape index (κ1) is 19.0. The Morgan fingerprint density at radius 3 is 2.89 bits per heavy atom. The van der Waals surface area contributed by atoms with Gasteiger partial charge in [-0.15, -0.1) is 0 Å². The molecule has 0 aromatic carbocycles. The largest absolute Gasteiger partial charge is 0.381 e. The van der Waals surface area contributed by atoms with E-state index in [-0.39, 0.29) is 34.1 Å². The van der Waals surface area contributed by atoms with Gasteiger partial charge in [-0.25, -0.2) is 9.97 Å². The second kappa shape index (κ2) is 6.51. The minimum atomic E-state index is -0.627. The molecule has 0 unspecified atom stereocenters. The highest BCUT2D eigenvalue weighted by Crippen LogP contribution is 2.71. The Morgan fingerprint density at radius 1 is 1.29 bits per heavy atom. The molecule has 1 aliphatic heterocycles. The van der Waals surface area contributed by atoms with Gasteiger partial charge in [-0.2, -0.15) is 4.98 Å².